The van der Waals surface area contributed by atoms with Gasteiger partial charge in [0.1, 0.15) is 0 Å². The normalized spacial score (nSPS) is 13.4. The van der Waals surface area contributed by atoms with E-state index >= 15 is 0 Å². The lowest BCUT2D eigenvalue weighted by Crippen LogP contribution is -2.38. The van der Waals surface area contributed by atoms with E-state index in [2.05, 4.69) is 71.7 Å². The molecule has 0 saturated heterocycles. The van der Waals surface area contributed by atoms with Crippen molar-refractivity contribution in [2.24, 2.45) is 9.98 Å². The van der Waals surface area contributed by atoms with E-state index in [1.807, 2.05) is 128 Å². The van der Waals surface area contributed by atoms with E-state index in [4.69, 9.17) is 10.4 Å². The van der Waals surface area contributed by atoms with Crippen molar-refractivity contribution in [1.82, 2.24) is 0 Å². The average molecular weight is 656 g/mol. The molecule has 242 valence electrons. The van der Waals surface area contributed by atoms with E-state index in [-0.39, 0.29) is 11.6 Å². The van der Waals surface area contributed by atoms with E-state index in [9.17, 15) is 4.79 Å². The topological polar surface area (TPSA) is 65.6 Å². The molecule has 0 fully saturated rings. The monoisotopic (exact) mass is 655 g/mol. The lowest BCUT2D eigenvalue weighted by atomic mass is 9.59. The summed E-state index contributed by atoms with van der Waals surface area (Å²) in [4.78, 5) is 23.8. The minimum absolute atomic E-state index is 0.0223. The highest BCUT2D eigenvalue weighted by Crippen LogP contribution is 2.51. The molecule has 0 aliphatic heterocycles. The summed E-state index contributed by atoms with van der Waals surface area (Å²) < 4.78 is 0. The molecule has 1 aliphatic rings. The maximum Gasteiger partial charge on any atom is 0.193 e. The van der Waals surface area contributed by atoms with Gasteiger partial charge < -0.3 is 0 Å². The summed E-state index contributed by atoms with van der Waals surface area (Å²) in [6, 6.07) is 62.5. The third-order valence-corrected chi connectivity index (χ3v) is 9.55. The van der Waals surface area contributed by atoms with E-state index in [1.54, 1.807) is 0 Å². The minimum Gasteiger partial charge on any atom is -0.289 e. The van der Waals surface area contributed by atoms with Crippen LogP contribution in [0.2, 0.25) is 0 Å². The maximum absolute atomic E-state index is 14.2. The number of carbonyl (C=O) groups is 1. The molecule has 0 amide bonds. The van der Waals surface area contributed by atoms with Crippen molar-refractivity contribution in [1.29, 1.82) is 5.41 Å². The predicted molar refractivity (Wildman–Crippen MR) is 207 cm³/mol. The largest absolute Gasteiger partial charge is 0.289 e. The molecule has 0 bridgehead atoms. The van der Waals surface area contributed by atoms with Crippen LogP contribution in [-0.4, -0.2) is 23.7 Å². The number of hydrogen-bond acceptors (Lipinski definition) is 2. The zero-order valence-corrected chi connectivity index (χ0v) is 27.8. The molecule has 0 aromatic heterocycles. The summed E-state index contributed by atoms with van der Waals surface area (Å²) >= 11 is 0. The van der Waals surface area contributed by atoms with Crippen molar-refractivity contribution in [2.75, 3.05) is 0 Å². The lowest BCUT2D eigenvalue weighted by molar-refractivity contribution is 0.103. The second-order valence-electron chi connectivity index (χ2n) is 12.5. The standard InChI is InChI=1S/C47H33N3O/c48-45(33-17-5-1-6-18-33)50-46(34-19-7-2-8-20-34)49-32-36-21-13-14-26-39(36)35-29-30-41-43(31-35)47(37-22-9-3-10-23-37,38-24-11-4-12-25-38)42-28-16-15-27-40(42)44(41)51/h1-32,48H. The molecule has 4 heteroatoms. The molecule has 7 aromatic rings. The Balaban J connectivity index is 1.30. The van der Waals surface area contributed by atoms with E-state index in [1.165, 1.54) is 0 Å². The smallest absolute Gasteiger partial charge is 0.193 e. The highest BCUT2D eigenvalue weighted by molar-refractivity contribution is 6.15. The van der Waals surface area contributed by atoms with Crippen molar-refractivity contribution >= 4 is 23.7 Å². The van der Waals surface area contributed by atoms with Crippen LogP contribution in [0.1, 0.15) is 54.9 Å². The Labute approximate surface area is 297 Å². The molecule has 7 aromatic carbocycles. The summed E-state index contributed by atoms with van der Waals surface area (Å²) in [5.41, 5.74) is 9.12. The Morgan fingerprint density at radius 2 is 1.02 bits per heavy atom. The zero-order valence-electron chi connectivity index (χ0n) is 27.8. The number of ketones is 1. The number of fused-ring (bicyclic) bond motifs is 2. The molecule has 8 rings (SSSR count). The number of nitrogens with one attached hydrogen (secondary N) is 1. The third kappa shape index (κ3) is 5.73. The fraction of sp³-hybridized carbons (Fsp3) is 0.0213. The Morgan fingerprint density at radius 1 is 0.510 bits per heavy atom. The molecule has 0 atom stereocenters. The number of benzene rings is 7. The molecule has 4 nitrogen and oxygen atoms in total. The van der Waals surface area contributed by atoms with Gasteiger partial charge >= 0.3 is 0 Å². The fourth-order valence-electron chi connectivity index (χ4n) is 7.21. The molecule has 0 radical (unpaired) electrons. The average Bonchev–Trinajstić information content (AvgIpc) is 3.21. The van der Waals surface area contributed by atoms with Gasteiger partial charge in [-0.25, -0.2) is 9.98 Å². The summed E-state index contributed by atoms with van der Waals surface area (Å²) in [6.45, 7) is 0. The Hall–Kier alpha value is -6.78. The first-order valence-corrected chi connectivity index (χ1v) is 17.0. The van der Waals surface area contributed by atoms with Crippen molar-refractivity contribution in [3.8, 4) is 11.1 Å². The van der Waals surface area contributed by atoms with Gasteiger partial charge in [0.05, 0.1) is 5.41 Å². The first-order chi connectivity index (χ1) is 25.1. The molecule has 0 saturated carbocycles. The SMILES string of the molecule is N=C(N=C(N=Cc1ccccc1-c1ccc2c(c1)C(c1ccccc1)(c1ccccc1)c1ccccc1C2=O)c1ccccc1)c1ccccc1. The Bertz CT molecular complexity index is 2390. The van der Waals surface area contributed by atoms with Crippen molar-refractivity contribution in [3.05, 3.63) is 238 Å². The number of nitrogens with zero attached hydrogens (tertiary/aromatic N) is 2. The summed E-state index contributed by atoms with van der Waals surface area (Å²) in [6.07, 6.45) is 1.82. The minimum atomic E-state index is -0.730. The van der Waals surface area contributed by atoms with Crippen LogP contribution in [-0.2, 0) is 5.41 Å². The molecule has 51 heavy (non-hydrogen) atoms. The molecular weight excluding hydrogens is 623 g/mol. The molecular formula is C47H33N3O. The summed E-state index contributed by atoms with van der Waals surface area (Å²) in [5, 5.41) is 8.72. The van der Waals surface area contributed by atoms with Gasteiger partial charge in [-0.15, -0.1) is 0 Å². The highest BCUT2D eigenvalue weighted by Gasteiger charge is 2.46. The van der Waals surface area contributed by atoms with E-state index in [0.717, 1.165) is 44.5 Å². The van der Waals surface area contributed by atoms with Crippen molar-refractivity contribution in [3.63, 3.8) is 0 Å². The Kier molecular flexibility index (Phi) is 8.41. The maximum atomic E-state index is 14.2. The number of carbonyl (C=O) groups excluding carboxylic acids is 1. The van der Waals surface area contributed by atoms with Crippen LogP contribution in [0.3, 0.4) is 0 Å². The summed E-state index contributed by atoms with van der Waals surface area (Å²) in [5.74, 6) is 0.603. The zero-order chi connectivity index (χ0) is 34.6. The van der Waals surface area contributed by atoms with Gasteiger partial charge in [0, 0.05) is 34.0 Å². The number of aliphatic imine (C=N–C) groups is 2. The Morgan fingerprint density at radius 3 is 1.67 bits per heavy atom. The van der Waals surface area contributed by atoms with Gasteiger partial charge in [-0.2, -0.15) is 0 Å². The van der Waals surface area contributed by atoms with Crippen molar-refractivity contribution < 1.29 is 4.79 Å². The van der Waals surface area contributed by atoms with Crippen LogP contribution < -0.4 is 0 Å². The van der Waals surface area contributed by atoms with Crippen LogP contribution in [0.4, 0.5) is 0 Å². The fourth-order valence-corrected chi connectivity index (χ4v) is 7.21. The number of amidine groups is 2. The van der Waals surface area contributed by atoms with Crippen LogP contribution in [0.5, 0.6) is 0 Å². The highest BCUT2D eigenvalue weighted by atomic mass is 16.1. The second kappa shape index (κ2) is 13.6. The molecule has 0 heterocycles. The third-order valence-electron chi connectivity index (χ3n) is 9.55. The first kappa shape index (κ1) is 31.5. The lowest BCUT2D eigenvalue weighted by Gasteiger charge is -2.42. The molecule has 1 N–H and O–H groups in total. The van der Waals surface area contributed by atoms with Crippen LogP contribution >= 0.6 is 0 Å². The van der Waals surface area contributed by atoms with E-state index < -0.39 is 5.41 Å². The van der Waals surface area contributed by atoms with E-state index in [0.29, 0.717) is 22.5 Å². The van der Waals surface area contributed by atoms with Gasteiger partial charge in [0.2, 0.25) is 0 Å². The first-order valence-electron chi connectivity index (χ1n) is 17.0. The van der Waals surface area contributed by atoms with Gasteiger partial charge in [0.25, 0.3) is 0 Å². The van der Waals surface area contributed by atoms with Crippen molar-refractivity contribution in [2.45, 2.75) is 5.41 Å². The van der Waals surface area contributed by atoms with Crippen LogP contribution in [0.15, 0.2) is 198 Å². The van der Waals surface area contributed by atoms with Gasteiger partial charge in [0.15, 0.2) is 17.5 Å². The molecule has 0 unspecified atom stereocenters. The second-order valence-corrected chi connectivity index (χ2v) is 12.5. The van der Waals surface area contributed by atoms with Crippen LogP contribution in [0, 0.1) is 5.41 Å². The number of rotatable bonds is 6. The molecule has 1 aliphatic carbocycles. The van der Waals surface area contributed by atoms with Crippen LogP contribution in [0.25, 0.3) is 11.1 Å². The number of hydrogen-bond donors (Lipinski definition) is 1. The molecule has 0 spiro atoms. The predicted octanol–water partition coefficient (Wildman–Crippen LogP) is 10.2. The summed E-state index contributed by atoms with van der Waals surface area (Å²) in [7, 11) is 0. The van der Waals surface area contributed by atoms with Gasteiger partial charge in [-0.3, -0.25) is 10.2 Å². The van der Waals surface area contributed by atoms with Gasteiger partial charge in [-0.05, 0) is 39.4 Å². The quantitative estimate of drug-likeness (QED) is 0.141. The van der Waals surface area contributed by atoms with Gasteiger partial charge in [-0.1, -0.05) is 182 Å².